The number of pyridine rings is 1. The maximum Gasteiger partial charge on any atom is 0.262 e. The van der Waals surface area contributed by atoms with Gasteiger partial charge in [-0.2, -0.15) is 0 Å². The number of piperidine rings is 1. The van der Waals surface area contributed by atoms with Crippen LogP contribution in [-0.4, -0.2) is 71.1 Å². The van der Waals surface area contributed by atoms with Crippen LogP contribution in [0, 0.1) is 22.7 Å². The summed E-state index contributed by atoms with van der Waals surface area (Å²) < 4.78 is 0. The van der Waals surface area contributed by atoms with Gasteiger partial charge < -0.3 is 26.8 Å². The Morgan fingerprint density at radius 3 is 2.56 bits per heavy atom. The average Bonchev–Trinajstić information content (AvgIpc) is 3.81. The van der Waals surface area contributed by atoms with Gasteiger partial charge in [0.25, 0.3) is 11.8 Å². The molecule has 0 radical (unpaired) electrons. The van der Waals surface area contributed by atoms with E-state index in [4.69, 9.17) is 10.8 Å². The van der Waals surface area contributed by atoms with Gasteiger partial charge in [0.15, 0.2) is 0 Å². The first kappa shape index (κ1) is 28.3. The Bertz CT molecular complexity index is 1570. The van der Waals surface area contributed by atoms with Crippen molar-refractivity contribution in [1.82, 2.24) is 20.5 Å². The minimum absolute atomic E-state index is 0.0842. The molecule has 6 rings (SSSR count). The van der Waals surface area contributed by atoms with Crippen molar-refractivity contribution in [2.24, 2.45) is 11.8 Å². The van der Waals surface area contributed by atoms with Crippen LogP contribution in [0.25, 0.3) is 5.57 Å². The standard InChI is InChI=1S/C31H34N8O4/c1-34-24-11-25(37-14-18(24)12-32)23(28(33)17-2-3-17)15-36-20-8-16(9-20)13-35-19-4-5-21-22(10-19)31(43)39(30(21)42)26-6-7-27(40)38-29(26)41/h4-5,10-12,14-17,20,26,32-33,35-36H,2-3,6-9,13H2,1H3,(H,34,37)(H,38,40,41)/b23-15-,32-12?,33-28?. The Balaban J connectivity index is 1.05. The SMILES string of the molecule is CNc1cc(/C(=C/NC2CC(CNc3ccc4c(c3)C(=O)N(C3CCC(=O)NC3=O)C4=O)C2)C(=N)C2CC2)ncc1C=N. The number of amides is 4. The summed E-state index contributed by atoms with van der Waals surface area (Å²) >= 11 is 0. The molecule has 2 aliphatic carbocycles. The number of nitrogens with one attached hydrogen (secondary N) is 6. The number of hydrogen-bond donors (Lipinski definition) is 6. The summed E-state index contributed by atoms with van der Waals surface area (Å²) in [5.41, 5.74) is 4.80. The van der Waals surface area contributed by atoms with Gasteiger partial charge in [0, 0.05) is 78.8 Å². The van der Waals surface area contributed by atoms with Crippen molar-refractivity contribution < 1.29 is 19.2 Å². The van der Waals surface area contributed by atoms with Crippen LogP contribution in [0.1, 0.15) is 70.5 Å². The number of benzene rings is 1. The van der Waals surface area contributed by atoms with E-state index in [1.165, 1.54) is 6.21 Å². The molecule has 1 atom stereocenters. The van der Waals surface area contributed by atoms with E-state index in [-0.39, 0.29) is 35.9 Å². The molecule has 12 nitrogen and oxygen atoms in total. The highest BCUT2D eigenvalue weighted by Crippen LogP contribution is 2.36. The molecule has 1 saturated heterocycles. The Kier molecular flexibility index (Phi) is 7.51. The zero-order valence-electron chi connectivity index (χ0n) is 23.8. The van der Waals surface area contributed by atoms with Crippen LogP contribution in [0.3, 0.4) is 0 Å². The molecule has 6 N–H and O–H groups in total. The zero-order valence-corrected chi connectivity index (χ0v) is 23.8. The summed E-state index contributed by atoms with van der Waals surface area (Å²) in [6.07, 6.45) is 8.93. The van der Waals surface area contributed by atoms with Crippen molar-refractivity contribution in [2.45, 2.75) is 50.6 Å². The first-order valence-electron chi connectivity index (χ1n) is 14.6. The summed E-state index contributed by atoms with van der Waals surface area (Å²) in [6.45, 7) is 0.697. The molecular weight excluding hydrogens is 548 g/mol. The summed E-state index contributed by atoms with van der Waals surface area (Å²) in [7, 11) is 1.80. The fourth-order valence-corrected chi connectivity index (χ4v) is 5.91. The summed E-state index contributed by atoms with van der Waals surface area (Å²) in [5, 5.41) is 28.5. The number of carbonyl (C=O) groups is 4. The van der Waals surface area contributed by atoms with Crippen LogP contribution < -0.4 is 21.3 Å². The predicted octanol–water partition coefficient (Wildman–Crippen LogP) is 2.77. The van der Waals surface area contributed by atoms with Crippen molar-refractivity contribution in [3.63, 3.8) is 0 Å². The predicted molar refractivity (Wildman–Crippen MR) is 161 cm³/mol. The summed E-state index contributed by atoms with van der Waals surface area (Å²) in [6, 6.07) is 6.20. The normalized spacial score (nSPS) is 23.3. The molecule has 3 fully saturated rings. The number of imide groups is 2. The third-order valence-corrected chi connectivity index (χ3v) is 8.65. The molecule has 2 aliphatic heterocycles. The van der Waals surface area contributed by atoms with Crippen molar-refractivity contribution in [2.75, 3.05) is 24.2 Å². The Labute approximate surface area is 248 Å². The van der Waals surface area contributed by atoms with Gasteiger partial charge in [-0.15, -0.1) is 0 Å². The van der Waals surface area contributed by atoms with Gasteiger partial charge >= 0.3 is 0 Å². The van der Waals surface area contributed by atoms with E-state index in [0.717, 1.165) is 47.5 Å². The fraction of sp³-hybridized carbons (Fsp3) is 0.387. The van der Waals surface area contributed by atoms with Crippen LogP contribution >= 0.6 is 0 Å². The quantitative estimate of drug-likeness (QED) is 0.173. The van der Waals surface area contributed by atoms with Gasteiger partial charge in [-0.3, -0.25) is 34.4 Å². The maximum absolute atomic E-state index is 13.1. The Hall–Kier alpha value is -4.87. The van der Waals surface area contributed by atoms with Crippen LogP contribution in [-0.2, 0) is 9.59 Å². The van der Waals surface area contributed by atoms with Gasteiger partial charge in [-0.25, -0.2) is 0 Å². The second-order valence-corrected chi connectivity index (χ2v) is 11.6. The Morgan fingerprint density at radius 1 is 1.09 bits per heavy atom. The van der Waals surface area contributed by atoms with E-state index < -0.39 is 29.7 Å². The largest absolute Gasteiger partial charge is 0.388 e. The van der Waals surface area contributed by atoms with Gasteiger partial charge in [0.05, 0.1) is 16.8 Å². The summed E-state index contributed by atoms with van der Waals surface area (Å²) in [4.78, 5) is 55.3. The van der Waals surface area contributed by atoms with Gasteiger partial charge in [0.2, 0.25) is 11.8 Å². The number of hydrogen-bond acceptors (Lipinski definition) is 10. The lowest BCUT2D eigenvalue weighted by Gasteiger charge is -2.36. The number of rotatable bonds is 11. The monoisotopic (exact) mass is 582 g/mol. The molecule has 43 heavy (non-hydrogen) atoms. The molecule has 0 spiro atoms. The lowest BCUT2D eigenvalue weighted by atomic mass is 9.80. The number of fused-ring (bicyclic) bond motifs is 1. The molecule has 3 heterocycles. The number of aromatic nitrogens is 1. The second-order valence-electron chi connectivity index (χ2n) is 11.6. The third-order valence-electron chi connectivity index (χ3n) is 8.65. The molecule has 4 aliphatic rings. The molecule has 12 heteroatoms. The zero-order chi connectivity index (χ0) is 30.2. The van der Waals surface area contributed by atoms with E-state index in [1.807, 2.05) is 12.3 Å². The number of allylic oxidation sites excluding steroid dienone is 1. The van der Waals surface area contributed by atoms with E-state index in [9.17, 15) is 19.2 Å². The van der Waals surface area contributed by atoms with Crippen LogP contribution in [0.15, 0.2) is 36.7 Å². The third kappa shape index (κ3) is 5.52. The molecule has 2 saturated carbocycles. The van der Waals surface area contributed by atoms with E-state index in [1.54, 1.807) is 31.4 Å². The molecule has 2 aromatic rings. The minimum Gasteiger partial charge on any atom is -0.388 e. The first-order chi connectivity index (χ1) is 20.8. The molecule has 1 aromatic heterocycles. The molecule has 4 amide bonds. The first-order valence-corrected chi connectivity index (χ1v) is 14.6. The van der Waals surface area contributed by atoms with Crippen LogP contribution in [0.4, 0.5) is 11.4 Å². The van der Waals surface area contributed by atoms with E-state index in [0.29, 0.717) is 29.4 Å². The Morgan fingerprint density at radius 2 is 1.86 bits per heavy atom. The maximum atomic E-state index is 13.1. The molecule has 1 aromatic carbocycles. The molecule has 1 unspecified atom stereocenters. The highest BCUT2D eigenvalue weighted by Gasteiger charge is 2.44. The molecule has 0 bridgehead atoms. The van der Waals surface area contributed by atoms with E-state index in [2.05, 4.69) is 26.3 Å². The van der Waals surface area contributed by atoms with Crippen LogP contribution in [0.2, 0.25) is 0 Å². The highest BCUT2D eigenvalue weighted by atomic mass is 16.2. The second kappa shape index (κ2) is 11.4. The fourth-order valence-electron chi connectivity index (χ4n) is 5.91. The number of nitrogens with zero attached hydrogens (tertiary/aromatic N) is 2. The highest BCUT2D eigenvalue weighted by molar-refractivity contribution is 6.24. The minimum atomic E-state index is -0.981. The van der Waals surface area contributed by atoms with Crippen molar-refractivity contribution in [3.05, 3.63) is 59.0 Å². The molecule has 222 valence electrons. The van der Waals surface area contributed by atoms with Crippen molar-refractivity contribution in [3.8, 4) is 0 Å². The van der Waals surface area contributed by atoms with Gasteiger partial charge in [-0.05, 0) is 62.3 Å². The number of anilines is 2. The van der Waals surface area contributed by atoms with E-state index >= 15 is 0 Å². The smallest absolute Gasteiger partial charge is 0.262 e. The average molecular weight is 583 g/mol. The van der Waals surface area contributed by atoms with Gasteiger partial charge in [0.1, 0.15) is 6.04 Å². The topological polar surface area (TPSA) is 180 Å². The lowest BCUT2D eigenvalue weighted by molar-refractivity contribution is -0.136. The number of carbonyl (C=O) groups excluding carboxylic acids is 4. The van der Waals surface area contributed by atoms with Gasteiger partial charge in [-0.1, -0.05) is 0 Å². The summed E-state index contributed by atoms with van der Waals surface area (Å²) in [5.74, 6) is -1.39. The lowest BCUT2D eigenvalue weighted by Crippen LogP contribution is -2.54. The van der Waals surface area contributed by atoms with Crippen molar-refractivity contribution in [1.29, 1.82) is 10.8 Å². The van der Waals surface area contributed by atoms with Crippen LogP contribution in [0.5, 0.6) is 0 Å². The van der Waals surface area contributed by atoms with Crippen molar-refractivity contribution >= 4 is 52.5 Å². The molecular formula is C31H34N8O4.